The maximum atomic E-state index is 12.2. The molecule has 0 atom stereocenters. The van der Waals surface area contributed by atoms with Crippen molar-refractivity contribution in [2.75, 3.05) is 5.32 Å². The fourth-order valence-electron chi connectivity index (χ4n) is 2.26. The topological polar surface area (TPSA) is 69.0 Å². The molecule has 0 saturated carbocycles. The van der Waals surface area contributed by atoms with Crippen molar-refractivity contribution >= 4 is 11.6 Å². The molecule has 3 aromatic rings. The molecule has 1 N–H and O–H groups in total. The lowest BCUT2D eigenvalue weighted by Gasteiger charge is -2.10. The largest absolute Gasteiger partial charge is 0.573 e. The summed E-state index contributed by atoms with van der Waals surface area (Å²) in [5, 5.41) is 6.71. The molecule has 6 nitrogen and oxygen atoms in total. The van der Waals surface area contributed by atoms with E-state index in [-0.39, 0.29) is 11.3 Å². The second-order valence-corrected chi connectivity index (χ2v) is 5.32. The van der Waals surface area contributed by atoms with Gasteiger partial charge in [-0.25, -0.2) is 9.67 Å². The van der Waals surface area contributed by atoms with Crippen molar-refractivity contribution in [1.82, 2.24) is 14.8 Å². The third kappa shape index (κ3) is 4.82. The highest BCUT2D eigenvalue weighted by molar-refractivity contribution is 6.04. The number of carbonyl (C=O) groups is 1. The van der Waals surface area contributed by atoms with E-state index in [4.69, 9.17) is 0 Å². The van der Waals surface area contributed by atoms with E-state index in [0.717, 1.165) is 17.7 Å². The van der Waals surface area contributed by atoms with E-state index in [2.05, 4.69) is 20.1 Å². The van der Waals surface area contributed by atoms with Crippen LogP contribution in [-0.4, -0.2) is 27.0 Å². The van der Waals surface area contributed by atoms with Crippen LogP contribution in [0, 0.1) is 0 Å². The summed E-state index contributed by atoms with van der Waals surface area (Å²) in [7, 11) is 0. The lowest BCUT2D eigenvalue weighted by molar-refractivity contribution is -0.274. The van der Waals surface area contributed by atoms with Crippen molar-refractivity contribution in [1.29, 1.82) is 0 Å². The predicted octanol–water partition coefficient (Wildman–Crippen LogP) is 3.48. The Labute approximate surface area is 146 Å². The monoisotopic (exact) mass is 362 g/mol. The Kier molecular flexibility index (Phi) is 4.87. The van der Waals surface area contributed by atoms with Crippen LogP contribution in [0.4, 0.5) is 18.9 Å². The molecule has 26 heavy (non-hydrogen) atoms. The first-order valence-corrected chi connectivity index (χ1v) is 7.47. The summed E-state index contributed by atoms with van der Waals surface area (Å²) in [5.41, 5.74) is 1.67. The van der Waals surface area contributed by atoms with Gasteiger partial charge >= 0.3 is 6.36 Å². The van der Waals surface area contributed by atoms with Crippen LogP contribution in [0.2, 0.25) is 0 Å². The Balaban J connectivity index is 1.66. The van der Waals surface area contributed by atoms with Crippen LogP contribution < -0.4 is 10.1 Å². The van der Waals surface area contributed by atoms with Gasteiger partial charge in [0.25, 0.3) is 5.91 Å². The number of aromatic nitrogens is 3. The zero-order valence-electron chi connectivity index (χ0n) is 13.3. The number of anilines is 1. The van der Waals surface area contributed by atoms with Crippen molar-refractivity contribution in [3.63, 3.8) is 0 Å². The second kappa shape index (κ2) is 7.26. The van der Waals surface area contributed by atoms with E-state index in [1.54, 1.807) is 29.2 Å². The second-order valence-electron chi connectivity index (χ2n) is 5.32. The molecule has 0 saturated heterocycles. The molecule has 0 unspecified atom stereocenters. The van der Waals surface area contributed by atoms with E-state index in [1.165, 1.54) is 18.5 Å². The first-order chi connectivity index (χ1) is 12.4. The number of amides is 1. The number of nitrogens with one attached hydrogen (secondary N) is 1. The summed E-state index contributed by atoms with van der Waals surface area (Å²) >= 11 is 0. The number of carbonyl (C=O) groups excluding carboxylic acids is 1. The van der Waals surface area contributed by atoms with Crippen molar-refractivity contribution in [2.24, 2.45) is 0 Å². The fourth-order valence-corrected chi connectivity index (χ4v) is 2.26. The molecule has 0 aliphatic heterocycles. The molecular weight excluding hydrogens is 349 g/mol. The Hall–Kier alpha value is -3.36. The summed E-state index contributed by atoms with van der Waals surface area (Å²) in [6.45, 7) is 0.493. The van der Waals surface area contributed by atoms with E-state index >= 15 is 0 Å². The molecule has 3 rings (SSSR count). The van der Waals surface area contributed by atoms with Gasteiger partial charge in [0.1, 0.15) is 18.4 Å². The Morgan fingerprint density at radius 3 is 2.58 bits per heavy atom. The van der Waals surface area contributed by atoms with E-state index < -0.39 is 12.3 Å². The van der Waals surface area contributed by atoms with Gasteiger partial charge in [-0.1, -0.05) is 12.1 Å². The summed E-state index contributed by atoms with van der Waals surface area (Å²) in [6.07, 6.45) is -1.76. The molecule has 0 aliphatic carbocycles. The number of halogens is 3. The minimum Gasteiger partial charge on any atom is -0.406 e. The van der Waals surface area contributed by atoms with Crippen molar-refractivity contribution in [2.45, 2.75) is 12.9 Å². The summed E-state index contributed by atoms with van der Waals surface area (Å²) in [5.74, 6) is -0.828. The van der Waals surface area contributed by atoms with Gasteiger partial charge in [0.2, 0.25) is 0 Å². The van der Waals surface area contributed by atoms with Crippen molar-refractivity contribution < 1.29 is 22.7 Å². The van der Waals surface area contributed by atoms with Crippen molar-refractivity contribution in [3.8, 4) is 5.75 Å². The lowest BCUT2D eigenvalue weighted by atomic mass is 10.1. The van der Waals surface area contributed by atoms with E-state index in [1.807, 2.05) is 6.07 Å². The molecule has 0 bridgehead atoms. The van der Waals surface area contributed by atoms with Crippen LogP contribution in [0.25, 0.3) is 0 Å². The van der Waals surface area contributed by atoms with Crippen LogP contribution >= 0.6 is 0 Å². The highest BCUT2D eigenvalue weighted by atomic mass is 19.4. The van der Waals surface area contributed by atoms with Crippen LogP contribution in [-0.2, 0) is 6.54 Å². The Morgan fingerprint density at radius 1 is 1.15 bits per heavy atom. The Bertz CT molecular complexity index is 878. The number of ether oxygens (including phenoxy) is 1. The van der Waals surface area contributed by atoms with E-state index in [9.17, 15) is 18.0 Å². The molecule has 2 aromatic carbocycles. The van der Waals surface area contributed by atoms with Gasteiger partial charge in [-0.15, -0.1) is 13.2 Å². The van der Waals surface area contributed by atoms with Gasteiger partial charge in [-0.3, -0.25) is 4.79 Å². The molecule has 1 amide bonds. The third-order valence-corrected chi connectivity index (χ3v) is 3.35. The normalized spacial score (nSPS) is 11.2. The minimum absolute atomic E-state index is 0.209. The molecule has 0 spiro atoms. The van der Waals surface area contributed by atoms with Crippen LogP contribution in [0.3, 0.4) is 0 Å². The highest BCUT2D eigenvalue weighted by Gasteiger charge is 2.31. The first-order valence-electron chi connectivity index (χ1n) is 7.47. The van der Waals surface area contributed by atoms with E-state index in [0.29, 0.717) is 12.2 Å². The maximum absolute atomic E-state index is 12.2. The molecule has 1 heterocycles. The molecule has 134 valence electrons. The summed E-state index contributed by atoms with van der Waals surface area (Å²) < 4.78 is 41.9. The maximum Gasteiger partial charge on any atom is 0.573 e. The smallest absolute Gasteiger partial charge is 0.406 e. The molecule has 0 radical (unpaired) electrons. The minimum atomic E-state index is -4.77. The van der Waals surface area contributed by atoms with Crippen LogP contribution in [0.15, 0.2) is 61.2 Å². The SMILES string of the molecule is O=C(Nc1cccc(Cn2cncn2)c1)c1ccc(OC(F)(F)F)cc1. The summed E-state index contributed by atoms with van der Waals surface area (Å²) in [6, 6.07) is 11.8. The number of nitrogens with zero attached hydrogens (tertiary/aromatic N) is 3. The standard InChI is InChI=1S/C17H13F3N4O2/c18-17(19,20)26-15-6-4-13(5-7-15)16(25)23-14-3-1-2-12(8-14)9-24-11-21-10-22-24/h1-8,10-11H,9H2,(H,23,25). The zero-order valence-corrected chi connectivity index (χ0v) is 13.3. The van der Waals surface area contributed by atoms with Crippen molar-refractivity contribution in [3.05, 3.63) is 72.3 Å². The number of benzene rings is 2. The lowest BCUT2D eigenvalue weighted by Crippen LogP contribution is -2.17. The van der Waals surface area contributed by atoms with Gasteiger partial charge < -0.3 is 10.1 Å². The Morgan fingerprint density at radius 2 is 1.92 bits per heavy atom. The van der Waals surface area contributed by atoms with Gasteiger partial charge in [0.15, 0.2) is 0 Å². The quantitative estimate of drug-likeness (QED) is 0.755. The average Bonchev–Trinajstić information content (AvgIpc) is 3.07. The molecule has 0 fully saturated rings. The fraction of sp³-hybridized carbons (Fsp3) is 0.118. The van der Waals surface area contributed by atoms with Gasteiger partial charge in [-0.05, 0) is 42.0 Å². The van der Waals surface area contributed by atoms with Crippen LogP contribution in [0.1, 0.15) is 15.9 Å². The zero-order chi connectivity index (χ0) is 18.6. The molecule has 0 aliphatic rings. The number of alkyl halides is 3. The average molecular weight is 362 g/mol. The molecule has 1 aromatic heterocycles. The first kappa shape index (κ1) is 17.5. The predicted molar refractivity (Wildman–Crippen MR) is 86.6 cm³/mol. The van der Waals surface area contributed by atoms with Gasteiger partial charge in [0, 0.05) is 11.3 Å². The number of hydrogen-bond acceptors (Lipinski definition) is 4. The van der Waals surface area contributed by atoms with Crippen LogP contribution in [0.5, 0.6) is 5.75 Å². The molecular formula is C17H13F3N4O2. The highest BCUT2D eigenvalue weighted by Crippen LogP contribution is 2.23. The third-order valence-electron chi connectivity index (χ3n) is 3.35. The molecule has 9 heteroatoms. The summed E-state index contributed by atoms with van der Waals surface area (Å²) in [4.78, 5) is 16.1. The number of rotatable bonds is 5. The number of hydrogen-bond donors (Lipinski definition) is 1. The van der Waals surface area contributed by atoms with Gasteiger partial charge in [0.05, 0.1) is 6.54 Å². The van der Waals surface area contributed by atoms with Gasteiger partial charge in [-0.2, -0.15) is 5.10 Å².